The van der Waals surface area contributed by atoms with Gasteiger partial charge in [-0.2, -0.15) is 11.8 Å². The predicted molar refractivity (Wildman–Crippen MR) is 74.8 cm³/mol. The zero-order chi connectivity index (χ0) is 12.6. The Labute approximate surface area is 118 Å². The van der Waals surface area contributed by atoms with E-state index in [1.165, 1.54) is 0 Å². The van der Waals surface area contributed by atoms with Crippen LogP contribution in [0.3, 0.4) is 0 Å². The summed E-state index contributed by atoms with van der Waals surface area (Å²) in [6.45, 7) is 0. The van der Waals surface area contributed by atoms with Crippen LogP contribution in [0.5, 0.6) is 0 Å². The lowest BCUT2D eigenvalue weighted by atomic mass is 9.95. The molecule has 6 heteroatoms. The molecule has 18 heavy (non-hydrogen) atoms. The SMILES string of the molecule is OC1(C2C=C(c3ccc(Br)cn3)NO2)CCSC1. The summed E-state index contributed by atoms with van der Waals surface area (Å²) in [4.78, 5) is 9.78. The van der Waals surface area contributed by atoms with E-state index in [9.17, 15) is 5.11 Å². The van der Waals surface area contributed by atoms with E-state index in [1.807, 2.05) is 18.2 Å². The lowest BCUT2D eigenvalue weighted by Crippen LogP contribution is -2.42. The van der Waals surface area contributed by atoms with Crippen LogP contribution in [0.25, 0.3) is 5.70 Å². The number of pyridine rings is 1. The standard InChI is InChI=1S/C12H13BrN2O2S/c13-8-1-2-9(14-6-8)10-5-11(17-15-10)12(16)3-4-18-7-12/h1-2,5-6,11,15-16H,3-4,7H2. The molecule has 0 bridgehead atoms. The summed E-state index contributed by atoms with van der Waals surface area (Å²) in [5.74, 6) is 1.70. The van der Waals surface area contributed by atoms with Gasteiger partial charge in [-0.25, -0.2) is 0 Å². The van der Waals surface area contributed by atoms with Crippen LogP contribution in [-0.4, -0.2) is 33.3 Å². The summed E-state index contributed by atoms with van der Waals surface area (Å²) < 4.78 is 0.938. The van der Waals surface area contributed by atoms with Crippen molar-refractivity contribution in [3.8, 4) is 0 Å². The van der Waals surface area contributed by atoms with Crippen LogP contribution >= 0.6 is 27.7 Å². The van der Waals surface area contributed by atoms with Gasteiger partial charge < -0.3 is 5.11 Å². The highest BCUT2D eigenvalue weighted by Gasteiger charge is 2.42. The highest BCUT2D eigenvalue weighted by Crippen LogP contribution is 2.35. The van der Waals surface area contributed by atoms with Gasteiger partial charge in [0.1, 0.15) is 11.7 Å². The van der Waals surface area contributed by atoms with Gasteiger partial charge in [0.15, 0.2) is 0 Å². The molecule has 0 spiro atoms. The molecule has 1 saturated heterocycles. The maximum absolute atomic E-state index is 10.4. The molecular formula is C12H13BrN2O2S. The van der Waals surface area contributed by atoms with Crippen molar-refractivity contribution in [3.05, 3.63) is 34.6 Å². The molecule has 0 amide bonds. The van der Waals surface area contributed by atoms with Crippen LogP contribution in [0.15, 0.2) is 28.9 Å². The van der Waals surface area contributed by atoms with Crippen molar-refractivity contribution in [1.82, 2.24) is 10.5 Å². The Kier molecular flexibility index (Phi) is 3.36. The van der Waals surface area contributed by atoms with E-state index in [0.29, 0.717) is 0 Å². The molecule has 1 aromatic rings. The number of rotatable bonds is 2. The van der Waals surface area contributed by atoms with Gasteiger partial charge in [-0.05, 0) is 46.3 Å². The number of aliphatic hydroxyl groups is 1. The van der Waals surface area contributed by atoms with E-state index in [2.05, 4.69) is 26.4 Å². The Morgan fingerprint density at radius 2 is 2.44 bits per heavy atom. The Bertz CT molecular complexity index is 471. The van der Waals surface area contributed by atoms with Gasteiger partial charge >= 0.3 is 0 Å². The lowest BCUT2D eigenvalue weighted by molar-refractivity contribution is -0.0824. The van der Waals surface area contributed by atoms with Crippen molar-refractivity contribution >= 4 is 33.4 Å². The number of hydrogen-bond donors (Lipinski definition) is 2. The monoisotopic (exact) mass is 328 g/mol. The summed E-state index contributed by atoms with van der Waals surface area (Å²) >= 11 is 5.11. The van der Waals surface area contributed by atoms with E-state index in [0.717, 1.165) is 33.8 Å². The van der Waals surface area contributed by atoms with Crippen LogP contribution in [0.4, 0.5) is 0 Å². The van der Waals surface area contributed by atoms with Crippen LogP contribution in [-0.2, 0) is 4.84 Å². The molecule has 2 unspecified atom stereocenters. The minimum Gasteiger partial charge on any atom is -0.386 e. The van der Waals surface area contributed by atoms with Crippen molar-refractivity contribution in [3.63, 3.8) is 0 Å². The maximum Gasteiger partial charge on any atom is 0.135 e. The summed E-state index contributed by atoms with van der Waals surface area (Å²) in [5.41, 5.74) is 3.74. The summed E-state index contributed by atoms with van der Waals surface area (Å²) in [7, 11) is 0. The van der Waals surface area contributed by atoms with E-state index in [-0.39, 0.29) is 6.10 Å². The molecule has 0 aromatic carbocycles. The van der Waals surface area contributed by atoms with E-state index in [4.69, 9.17) is 4.84 Å². The molecule has 3 rings (SSSR count). The third-order valence-electron chi connectivity index (χ3n) is 3.18. The van der Waals surface area contributed by atoms with Gasteiger partial charge in [-0.15, -0.1) is 0 Å². The highest BCUT2D eigenvalue weighted by atomic mass is 79.9. The number of nitrogens with one attached hydrogen (secondary N) is 1. The first-order valence-corrected chi connectivity index (χ1v) is 7.68. The van der Waals surface area contributed by atoms with Crippen LogP contribution in [0.1, 0.15) is 12.1 Å². The predicted octanol–water partition coefficient (Wildman–Crippen LogP) is 1.96. The fourth-order valence-electron chi connectivity index (χ4n) is 2.08. The van der Waals surface area contributed by atoms with E-state index < -0.39 is 5.60 Å². The molecule has 4 nitrogen and oxygen atoms in total. The van der Waals surface area contributed by atoms with Crippen molar-refractivity contribution in [2.24, 2.45) is 0 Å². The number of hydroxylamine groups is 1. The smallest absolute Gasteiger partial charge is 0.135 e. The second-order valence-electron chi connectivity index (χ2n) is 4.49. The number of halogens is 1. The minimum absolute atomic E-state index is 0.298. The average Bonchev–Trinajstić information content (AvgIpc) is 2.99. The van der Waals surface area contributed by atoms with Crippen LogP contribution in [0.2, 0.25) is 0 Å². The number of thioether (sulfide) groups is 1. The Balaban J connectivity index is 1.81. The minimum atomic E-state index is -0.755. The van der Waals surface area contributed by atoms with Gasteiger partial charge in [0.2, 0.25) is 0 Å². The third-order valence-corrected chi connectivity index (χ3v) is 4.84. The Morgan fingerprint density at radius 3 is 3.11 bits per heavy atom. The zero-order valence-corrected chi connectivity index (χ0v) is 12.0. The van der Waals surface area contributed by atoms with Gasteiger partial charge in [-0.3, -0.25) is 15.3 Å². The van der Waals surface area contributed by atoms with Crippen molar-refractivity contribution in [2.75, 3.05) is 11.5 Å². The second-order valence-corrected chi connectivity index (χ2v) is 6.51. The number of aromatic nitrogens is 1. The zero-order valence-electron chi connectivity index (χ0n) is 9.60. The normalized spacial score (nSPS) is 31.2. The summed E-state index contributed by atoms with van der Waals surface area (Å²) in [6.07, 6.45) is 4.13. The summed E-state index contributed by atoms with van der Waals surface area (Å²) in [5, 5.41) is 10.4. The van der Waals surface area contributed by atoms with E-state index >= 15 is 0 Å². The number of hydrogen-bond acceptors (Lipinski definition) is 5. The van der Waals surface area contributed by atoms with Gasteiger partial charge in [0.05, 0.1) is 11.4 Å². The molecular weight excluding hydrogens is 316 g/mol. The van der Waals surface area contributed by atoms with Gasteiger partial charge in [0, 0.05) is 16.4 Å². The third kappa shape index (κ3) is 2.30. The van der Waals surface area contributed by atoms with Gasteiger partial charge in [0.25, 0.3) is 0 Å². The molecule has 2 aliphatic rings. The molecule has 0 aliphatic carbocycles. The summed E-state index contributed by atoms with van der Waals surface area (Å²) in [6, 6.07) is 3.83. The van der Waals surface area contributed by atoms with Crippen LogP contribution in [0, 0.1) is 0 Å². The molecule has 3 heterocycles. The fraction of sp³-hybridized carbons (Fsp3) is 0.417. The molecule has 0 saturated carbocycles. The van der Waals surface area contributed by atoms with Crippen molar-refractivity contribution < 1.29 is 9.94 Å². The van der Waals surface area contributed by atoms with Crippen LogP contribution < -0.4 is 5.48 Å². The molecule has 2 aliphatic heterocycles. The molecule has 1 aromatic heterocycles. The quantitative estimate of drug-likeness (QED) is 0.869. The molecule has 2 atom stereocenters. The lowest BCUT2D eigenvalue weighted by Gasteiger charge is -2.25. The first-order chi connectivity index (χ1) is 8.67. The first-order valence-electron chi connectivity index (χ1n) is 5.73. The topological polar surface area (TPSA) is 54.4 Å². The second kappa shape index (κ2) is 4.85. The molecule has 2 N–H and O–H groups in total. The fourth-order valence-corrected chi connectivity index (χ4v) is 3.62. The highest BCUT2D eigenvalue weighted by molar-refractivity contribution is 9.10. The first kappa shape index (κ1) is 12.5. The molecule has 96 valence electrons. The van der Waals surface area contributed by atoms with Gasteiger partial charge in [-0.1, -0.05) is 0 Å². The van der Waals surface area contributed by atoms with Crippen molar-refractivity contribution in [1.29, 1.82) is 0 Å². The molecule has 0 radical (unpaired) electrons. The Hall–Kier alpha value is -0.560. The maximum atomic E-state index is 10.4. The van der Waals surface area contributed by atoms with Crippen molar-refractivity contribution in [2.45, 2.75) is 18.1 Å². The van der Waals surface area contributed by atoms with E-state index in [1.54, 1.807) is 18.0 Å². The number of nitrogens with zero attached hydrogens (tertiary/aromatic N) is 1. The Morgan fingerprint density at radius 1 is 1.56 bits per heavy atom. The average molecular weight is 329 g/mol. The largest absolute Gasteiger partial charge is 0.386 e. The molecule has 1 fully saturated rings.